The number of nitrogens with one attached hydrogen (secondary N) is 1. The van der Waals surface area contributed by atoms with Crippen molar-refractivity contribution in [1.82, 2.24) is 20.1 Å². The maximum Gasteiger partial charge on any atom is 0.409 e. The van der Waals surface area contributed by atoms with Crippen LogP contribution in [0.4, 0.5) is 4.79 Å². The van der Waals surface area contributed by atoms with Crippen molar-refractivity contribution >= 4 is 25.5 Å². The number of pyridine rings is 1. The Kier molecular flexibility index (Phi) is 10.7. The lowest BCUT2D eigenvalue weighted by Gasteiger charge is -2.36. The molecule has 1 saturated heterocycles. The van der Waals surface area contributed by atoms with E-state index in [4.69, 9.17) is 4.74 Å². The van der Waals surface area contributed by atoms with E-state index in [1.165, 1.54) is 9.80 Å². The number of piperazine rings is 1. The second-order valence-electron chi connectivity index (χ2n) is 10.5. The zero-order valence-electron chi connectivity index (χ0n) is 24.3. The van der Waals surface area contributed by atoms with E-state index in [-0.39, 0.29) is 31.9 Å². The minimum atomic E-state index is -4.70. The van der Waals surface area contributed by atoms with Gasteiger partial charge in [0.1, 0.15) is 11.7 Å². The number of hydrogen-bond acceptors (Lipinski definition) is 6. The van der Waals surface area contributed by atoms with E-state index < -0.39 is 37.7 Å². The Balaban J connectivity index is 1.55. The number of ether oxygens (including phenoxy) is 1. The van der Waals surface area contributed by atoms with Gasteiger partial charge in [0.05, 0.1) is 18.5 Å². The summed E-state index contributed by atoms with van der Waals surface area (Å²) in [6, 6.07) is 19.0. The second kappa shape index (κ2) is 14.4. The van der Waals surface area contributed by atoms with E-state index >= 15 is 0 Å². The van der Waals surface area contributed by atoms with Crippen molar-refractivity contribution < 1.29 is 33.5 Å². The number of carbonyl (C=O) groups is 3. The number of benzene rings is 2. The smallest absolute Gasteiger partial charge is 0.409 e. The molecule has 228 valence electrons. The molecule has 1 fully saturated rings. The van der Waals surface area contributed by atoms with E-state index in [1.807, 2.05) is 74.5 Å². The highest BCUT2D eigenvalue weighted by atomic mass is 31.2. The van der Waals surface area contributed by atoms with Crippen LogP contribution in [0, 0.1) is 6.92 Å². The van der Waals surface area contributed by atoms with Crippen molar-refractivity contribution in [1.29, 1.82) is 0 Å². The Hall–Kier alpha value is -4.05. The Morgan fingerprint density at radius 2 is 1.58 bits per heavy atom. The van der Waals surface area contributed by atoms with Gasteiger partial charge in [-0.1, -0.05) is 73.5 Å². The summed E-state index contributed by atoms with van der Waals surface area (Å²) in [5.74, 6) is -1.38. The zero-order valence-corrected chi connectivity index (χ0v) is 25.2. The third-order valence-electron chi connectivity index (χ3n) is 7.11. The van der Waals surface area contributed by atoms with Gasteiger partial charge in [0.25, 0.3) is 5.91 Å². The van der Waals surface area contributed by atoms with Crippen molar-refractivity contribution in [3.63, 3.8) is 0 Å². The fourth-order valence-electron chi connectivity index (χ4n) is 4.70. The summed E-state index contributed by atoms with van der Waals surface area (Å²) < 4.78 is 17.2. The van der Waals surface area contributed by atoms with Gasteiger partial charge in [-0.3, -0.25) is 14.2 Å². The maximum atomic E-state index is 13.5. The van der Waals surface area contributed by atoms with Crippen LogP contribution in [0.2, 0.25) is 0 Å². The largest absolute Gasteiger partial charge is 0.449 e. The summed E-state index contributed by atoms with van der Waals surface area (Å²) in [6.45, 7) is 4.94. The molecule has 0 radical (unpaired) electrons. The molecule has 0 aliphatic carbocycles. The first-order chi connectivity index (χ1) is 20.5. The molecule has 3 amide bonds. The molecular weight excluding hydrogens is 571 g/mol. The quantitative estimate of drug-likeness (QED) is 0.230. The number of aromatic nitrogens is 1. The molecule has 1 aromatic heterocycles. The molecule has 3 N–H and O–H groups in total. The van der Waals surface area contributed by atoms with E-state index in [1.54, 1.807) is 6.07 Å². The van der Waals surface area contributed by atoms with E-state index in [2.05, 4.69) is 10.3 Å². The van der Waals surface area contributed by atoms with Gasteiger partial charge in [0.2, 0.25) is 5.91 Å². The van der Waals surface area contributed by atoms with Gasteiger partial charge >= 0.3 is 13.7 Å². The van der Waals surface area contributed by atoms with Gasteiger partial charge in [0, 0.05) is 31.7 Å². The Morgan fingerprint density at radius 1 is 0.930 bits per heavy atom. The molecule has 2 aromatic carbocycles. The molecular formula is C31H37N4O7P. The average Bonchev–Trinajstić information content (AvgIpc) is 3.00. The third-order valence-corrected chi connectivity index (χ3v) is 7.95. The molecule has 1 atom stereocenters. The number of unbranched alkanes of at least 4 members (excludes halogenated alkanes) is 1. The first-order valence-electron chi connectivity index (χ1n) is 14.2. The molecule has 4 rings (SSSR count). The summed E-state index contributed by atoms with van der Waals surface area (Å²) in [6.07, 6.45) is 0.305. The fraction of sp³-hybridized carbons (Fsp3) is 0.355. The van der Waals surface area contributed by atoms with Gasteiger partial charge in [-0.25, -0.2) is 9.78 Å². The van der Waals surface area contributed by atoms with E-state index in [0.717, 1.165) is 35.1 Å². The van der Waals surface area contributed by atoms with Gasteiger partial charge in [-0.2, -0.15) is 0 Å². The molecule has 1 aliphatic rings. The summed E-state index contributed by atoms with van der Waals surface area (Å²) in [5.41, 5.74) is 3.95. The fourth-order valence-corrected chi connectivity index (χ4v) is 5.42. The Labute approximate surface area is 251 Å². The molecule has 43 heavy (non-hydrogen) atoms. The van der Waals surface area contributed by atoms with Crippen molar-refractivity contribution in [2.75, 3.05) is 38.9 Å². The first-order valence-corrected chi connectivity index (χ1v) is 16.0. The van der Waals surface area contributed by atoms with Crippen molar-refractivity contribution in [2.24, 2.45) is 0 Å². The van der Waals surface area contributed by atoms with Crippen LogP contribution in [-0.2, 0) is 14.1 Å². The lowest BCUT2D eigenvalue weighted by atomic mass is 10.0. The predicted molar refractivity (Wildman–Crippen MR) is 162 cm³/mol. The maximum absolute atomic E-state index is 13.5. The molecule has 1 unspecified atom stereocenters. The number of carbonyl (C=O) groups excluding carboxylic acids is 3. The monoisotopic (exact) mass is 608 g/mol. The topological polar surface area (TPSA) is 149 Å². The average molecular weight is 609 g/mol. The van der Waals surface area contributed by atoms with Gasteiger partial charge in [-0.15, -0.1) is 0 Å². The molecule has 1 aliphatic heterocycles. The third kappa shape index (κ3) is 8.97. The van der Waals surface area contributed by atoms with Crippen molar-refractivity contribution in [2.45, 2.75) is 32.7 Å². The number of amides is 3. The van der Waals surface area contributed by atoms with Crippen LogP contribution in [0.25, 0.3) is 22.4 Å². The highest BCUT2D eigenvalue weighted by Crippen LogP contribution is 2.35. The van der Waals surface area contributed by atoms with Crippen LogP contribution >= 0.6 is 7.60 Å². The molecule has 0 saturated carbocycles. The normalized spacial score (nSPS) is 14.2. The molecule has 3 aromatic rings. The highest BCUT2D eigenvalue weighted by Gasteiger charge is 2.35. The molecule has 12 heteroatoms. The van der Waals surface area contributed by atoms with Crippen LogP contribution in [0.5, 0.6) is 0 Å². The summed E-state index contributed by atoms with van der Waals surface area (Å²) >= 11 is 0. The second-order valence-corrected chi connectivity index (χ2v) is 12.2. The number of nitrogens with zero attached hydrogens (tertiary/aromatic N) is 3. The molecule has 2 heterocycles. The molecule has 11 nitrogen and oxygen atoms in total. The molecule has 0 spiro atoms. The van der Waals surface area contributed by atoms with Crippen LogP contribution in [0.3, 0.4) is 0 Å². The van der Waals surface area contributed by atoms with Crippen molar-refractivity contribution in [3.05, 3.63) is 78.0 Å². The minimum absolute atomic E-state index is 0.0000778. The Bertz CT molecular complexity index is 1470. The highest BCUT2D eigenvalue weighted by molar-refractivity contribution is 7.51. The number of hydrogen-bond donors (Lipinski definition) is 3. The number of rotatable bonds is 10. The number of aryl methyl sites for hydroxylation is 1. The van der Waals surface area contributed by atoms with Gasteiger partial charge in [0.15, 0.2) is 0 Å². The van der Waals surface area contributed by atoms with Gasteiger partial charge in [-0.05, 0) is 36.6 Å². The minimum Gasteiger partial charge on any atom is -0.449 e. The van der Waals surface area contributed by atoms with Gasteiger partial charge < -0.3 is 29.6 Å². The molecule has 0 bridgehead atoms. The van der Waals surface area contributed by atoms with E-state index in [0.29, 0.717) is 12.3 Å². The zero-order chi connectivity index (χ0) is 31.0. The first kappa shape index (κ1) is 31.9. The predicted octanol–water partition coefficient (Wildman–Crippen LogP) is 4.08. The summed E-state index contributed by atoms with van der Waals surface area (Å²) in [5, 5.41) is 2.53. The summed E-state index contributed by atoms with van der Waals surface area (Å²) in [4.78, 5) is 66.2. The van der Waals surface area contributed by atoms with Crippen molar-refractivity contribution in [3.8, 4) is 22.4 Å². The lowest BCUT2D eigenvalue weighted by Crippen LogP contribution is -2.56. The lowest BCUT2D eigenvalue weighted by molar-refractivity contribution is -0.134. The van der Waals surface area contributed by atoms with Crippen LogP contribution in [-0.4, -0.2) is 87.5 Å². The van der Waals surface area contributed by atoms with Crippen LogP contribution in [0.15, 0.2) is 66.7 Å². The Morgan fingerprint density at radius 3 is 2.21 bits per heavy atom. The van der Waals surface area contributed by atoms with Crippen LogP contribution < -0.4 is 5.32 Å². The summed E-state index contributed by atoms with van der Waals surface area (Å²) in [7, 11) is -4.70. The SMILES string of the molecule is CCCCOC(=O)N1CCN(C(=O)C(CP(=O)(O)O)NC(=O)c2cc(-c3ccccc3)cc(-c3ccc(C)cc3)n2)CC1. The standard InChI is InChI=1S/C31H37N4O7P/c1-3-4-18-42-31(38)35-16-14-34(15-17-35)30(37)28(21-43(39,40)41)33-29(36)27-20-25(23-8-6-5-7-9-23)19-26(32-27)24-12-10-22(2)11-13-24/h5-13,19-20,28H,3-4,14-18,21H2,1-2H3,(H,33,36)(H2,39,40,41). The van der Waals surface area contributed by atoms with E-state index in [9.17, 15) is 28.7 Å². The van der Waals surface area contributed by atoms with Crippen LogP contribution in [0.1, 0.15) is 35.8 Å².